The topological polar surface area (TPSA) is 15.3 Å². The zero-order valence-electron chi connectivity index (χ0n) is 43.3. The van der Waals surface area contributed by atoms with Crippen LogP contribution in [0.2, 0.25) is 0 Å². The van der Waals surface area contributed by atoms with Gasteiger partial charge >= 0.3 is 0 Å². The number of anilines is 6. The van der Waals surface area contributed by atoms with E-state index in [1.807, 2.05) is 0 Å². The Balaban J connectivity index is 1.16. The zero-order valence-corrected chi connectivity index (χ0v) is 43.3. The first-order valence-electron chi connectivity index (χ1n) is 26.0. The summed E-state index contributed by atoms with van der Waals surface area (Å²) in [5.74, 6) is 0.897. The quantitative estimate of drug-likeness (QED) is 0.151. The largest absolute Gasteiger partial charge is 0.310 e. The van der Waals surface area contributed by atoms with Crippen molar-refractivity contribution in [2.24, 2.45) is 0 Å². The fourth-order valence-corrected chi connectivity index (χ4v) is 12.3. The Labute approximate surface area is 423 Å². The van der Waals surface area contributed by atoms with Gasteiger partial charge < -0.3 is 18.6 Å². The van der Waals surface area contributed by atoms with Gasteiger partial charge in [0, 0.05) is 65.8 Å². The maximum atomic E-state index is 2.64. The minimum absolute atomic E-state index is 0.110. The van der Waals surface area contributed by atoms with Crippen LogP contribution in [0.4, 0.5) is 34.1 Å². The highest BCUT2D eigenvalue weighted by atomic mass is 15.2. The molecule has 13 rings (SSSR count). The second kappa shape index (κ2) is 15.8. The third kappa shape index (κ3) is 6.43. The van der Waals surface area contributed by atoms with E-state index in [0.29, 0.717) is 11.8 Å². The molecule has 13 aromatic rings. The van der Waals surface area contributed by atoms with Crippen LogP contribution in [0.25, 0.3) is 76.2 Å². The van der Waals surface area contributed by atoms with Gasteiger partial charge in [0.15, 0.2) is 0 Å². The number of benzene rings is 9. The second-order valence-corrected chi connectivity index (χ2v) is 23.0. The van der Waals surface area contributed by atoms with Crippen molar-refractivity contribution in [3.05, 3.63) is 204 Å². The monoisotopic (exact) mass is 934 g/mol. The molecule has 0 amide bonds. The molecule has 0 unspecified atom stereocenters. The van der Waals surface area contributed by atoms with Crippen molar-refractivity contribution in [1.29, 1.82) is 0 Å². The third-order valence-corrected chi connectivity index (χ3v) is 15.8. The van der Waals surface area contributed by atoms with E-state index < -0.39 is 0 Å². The predicted molar refractivity (Wildman–Crippen MR) is 311 cm³/mol. The highest BCUT2D eigenvalue weighted by Crippen LogP contribution is 2.53. The average molecular weight is 935 g/mol. The number of aromatic nitrogens is 2. The second-order valence-electron chi connectivity index (χ2n) is 23.0. The van der Waals surface area contributed by atoms with Gasteiger partial charge in [-0.25, -0.2) is 0 Å². The van der Waals surface area contributed by atoms with Crippen LogP contribution in [-0.4, -0.2) is 8.80 Å². The van der Waals surface area contributed by atoms with Gasteiger partial charge in [-0.15, -0.1) is 0 Å². The molecule has 0 saturated carbocycles. The van der Waals surface area contributed by atoms with Gasteiger partial charge in [0.2, 0.25) is 0 Å². The Hall–Kier alpha value is -7.82. The van der Waals surface area contributed by atoms with E-state index in [9.17, 15) is 0 Å². The first kappa shape index (κ1) is 44.1. The lowest BCUT2D eigenvalue weighted by molar-refractivity contribution is 0.594. The first-order chi connectivity index (χ1) is 34.7. The Morgan fingerprint density at radius 2 is 0.694 bits per heavy atom. The molecular weight excluding hydrogens is 873 g/mol. The highest BCUT2D eigenvalue weighted by Gasteiger charge is 2.31. The standard InChI is InChI=1S/C68H62N4/c1-41(2)43-27-31-47(32-28-43)69(45-19-13-11-14-20-45)57-37-35-49-53-39-60-54(40-59(53)71-63-51(61(57)65(49)71)23-17-25-55(63)67(5,6)7)50-36-38-58(62-52-24-18-26-56(68(8,9)10)64(52)72(60)66(50)62)70(46-21-15-12-16-22-46)48-33-29-44(30-34-48)42(3)4/h11-42H,1-10H3. The molecule has 4 heteroatoms. The molecule has 9 aromatic carbocycles. The van der Waals surface area contributed by atoms with E-state index in [2.05, 4.69) is 270 Å². The Morgan fingerprint density at radius 1 is 0.333 bits per heavy atom. The number of para-hydroxylation sites is 4. The summed E-state index contributed by atoms with van der Waals surface area (Å²) in [4.78, 5) is 4.95. The molecule has 0 atom stereocenters. The predicted octanol–water partition coefficient (Wildman–Crippen LogP) is 19.8. The summed E-state index contributed by atoms with van der Waals surface area (Å²) in [5.41, 5.74) is 19.7. The van der Waals surface area contributed by atoms with Crippen molar-refractivity contribution >= 4 is 110 Å². The molecule has 4 nitrogen and oxygen atoms in total. The highest BCUT2D eigenvalue weighted by molar-refractivity contribution is 6.32. The van der Waals surface area contributed by atoms with Gasteiger partial charge in [-0.2, -0.15) is 0 Å². The van der Waals surface area contributed by atoms with E-state index >= 15 is 0 Å². The fraction of sp³-hybridized carbons (Fsp3) is 0.206. The molecule has 0 fully saturated rings. The Bertz CT molecular complexity index is 3920. The summed E-state index contributed by atoms with van der Waals surface area (Å²) in [5, 5.41) is 10.2. The Kier molecular flexibility index (Phi) is 9.71. The third-order valence-electron chi connectivity index (χ3n) is 15.8. The van der Waals surface area contributed by atoms with Crippen molar-refractivity contribution in [2.75, 3.05) is 9.80 Å². The van der Waals surface area contributed by atoms with E-state index in [-0.39, 0.29) is 10.8 Å². The molecule has 4 heterocycles. The van der Waals surface area contributed by atoms with Crippen LogP contribution in [0.15, 0.2) is 182 Å². The summed E-state index contributed by atoms with van der Waals surface area (Å²) in [7, 11) is 0. The average Bonchev–Trinajstić information content (AvgIpc) is 4.10. The zero-order chi connectivity index (χ0) is 49.5. The molecule has 0 spiro atoms. The number of nitrogens with zero attached hydrogens (tertiary/aromatic N) is 4. The maximum Gasteiger partial charge on any atom is 0.0641 e. The molecule has 0 aliphatic carbocycles. The van der Waals surface area contributed by atoms with Crippen molar-refractivity contribution in [3.63, 3.8) is 0 Å². The SMILES string of the molecule is CC(C)c1ccc(N(c2ccccc2)c2ccc3c4cc5c(cc4n4c6c(C(C)(C)C)cccc6c2c34)c2ccc(N(c3ccccc3)c3ccc(C(C)C)cc3)c3c4cccc(C(C)(C)C)c4n5c23)cc1. The smallest absolute Gasteiger partial charge is 0.0641 e. The van der Waals surface area contributed by atoms with Crippen molar-refractivity contribution < 1.29 is 0 Å². The molecule has 0 N–H and O–H groups in total. The van der Waals surface area contributed by atoms with Crippen LogP contribution in [0.5, 0.6) is 0 Å². The molecular formula is C68H62N4. The summed E-state index contributed by atoms with van der Waals surface area (Å²) in [6.07, 6.45) is 0. The summed E-state index contributed by atoms with van der Waals surface area (Å²) >= 11 is 0. The number of hydrogen-bond acceptors (Lipinski definition) is 2. The molecule has 354 valence electrons. The van der Waals surface area contributed by atoms with Crippen molar-refractivity contribution in [1.82, 2.24) is 8.80 Å². The van der Waals surface area contributed by atoms with Gasteiger partial charge in [0.25, 0.3) is 0 Å². The van der Waals surface area contributed by atoms with Crippen LogP contribution >= 0.6 is 0 Å². The van der Waals surface area contributed by atoms with E-state index in [1.165, 1.54) is 110 Å². The molecule has 0 saturated heterocycles. The van der Waals surface area contributed by atoms with Gasteiger partial charge in [-0.1, -0.05) is 178 Å². The van der Waals surface area contributed by atoms with E-state index in [4.69, 9.17) is 0 Å². The normalized spacial score (nSPS) is 12.8. The maximum absolute atomic E-state index is 2.64. The molecule has 0 bridgehead atoms. The molecule has 0 radical (unpaired) electrons. The van der Waals surface area contributed by atoms with Gasteiger partial charge in [-0.3, -0.25) is 0 Å². The lowest BCUT2D eigenvalue weighted by atomic mass is 9.85. The summed E-state index contributed by atoms with van der Waals surface area (Å²) in [6.45, 7) is 23.2. The number of rotatable bonds is 8. The van der Waals surface area contributed by atoms with Crippen LogP contribution in [-0.2, 0) is 10.8 Å². The number of fused-ring (bicyclic) bond motifs is 12. The molecule has 0 aliphatic rings. The molecule has 4 aromatic heterocycles. The van der Waals surface area contributed by atoms with Crippen LogP contribution in [0, 0.1) is 0 Å². The Morgan fingerprint density at radius 3 is 1.04 bits per heavy atom. The van der Waals surface area contributed by atoms with Crippen LogP contribution in [0.3, 0.4) is 0 Å². The van der Waals surface area contributed by atoms with E-state index in [1.54, 1.807) is 0 Å². The summed E-state index contributed by atoms with van der Waals surface area (Å²) < 4.78 is 5.28. The van der Waals surface area contributed by atoms with Gasteiger partial charge in [0.1, 0.15) is 0 Å². The molecule has 72 heavy (non-hydrogen) atoms. The van der Waals surface area contributed by atoms with Gasteiger partial charge in [0.05, 0.1) is 44.5 Å². The fourth-order valence-electron chi connectivity index (χ4n) is 12.3. The van der Waals surface area contributed by atoms with Crippen LogP contribution in [0.1, 0.15) is 103 Å². The summed E-state index contributed by atoms with van der Waals surface area (Å²) in [6, 6.07) is 68.9. The van der Waals surface area contributed by atoms with Crippen LogP contribution < -0.4 is 9.80 Å². The van der Waals surface area contributed by atoms with Crippen molar-refractivity contribution in [3.8, 4) is 0 Å². The molecule has 0 aliphatic heterocycles. The van der Waals surface area contributed by atoms with E-state index in [0.717, 1.165) is 22.7 Å². The lowest BCUT2D eigenvalue weighted by Gasteiger charge is -2.27. The first-order valence-corrected chi connectivity index (χ1v) is 26.0. The lowest BCUT2D eigenvalue weighted by Crippen LogP contribution is -2.12. The minimum atomic E-state index is -0.110. The number of hydrogen-bond donors (Lipinski definition) is 0. The van der Waals surface area contributed by atoms with Crippen molar-refractivity contribution in [2.45, 2.75) is 91.9 Å². The minimum Gasteiger partial charge on any atom is -0.310 e. The van der Waals surface area contributed by atoms with Gasteiger partial charge in [-0.05, 0) is 118 Å².